The zero-order chi connectivity index (χ0) is 18.0. The van der Waals surface area contributed by atoms with Crippen LogP contribution < -0.4 is 4.72 Å². The lowest BCUT2D eigenvalue weighted by atomic mass is 10.2. The molecule has 0 radical (unpaired) electrons. The fourth-order valence-electron chi connectivity index (χ4n) is 2.42. The largest absolute Gasteiger partial charge is 0.324 e. The average Bonchev–Trinajstić information content (AvgIpc) is 2.98. The van der Waals surface area contributed by atoms with Crippen molar-refractivity contribution in [2.24, 2.45) is 0 Å². The summed E-state index contributed by atoms with van der Waals surface area (Å²) in [6.45, 7) is 10.3. The Hall–Kier alpha value is -2.24. The molecule has 0 unspecified atom stereocenters. The first-order chi connectivity index (χ1) is 12.0. The smallest absolute Gasteiger partial charge is 0.132 e. The van der Waals surface area contributed by atoms with E-state index in [1.165, 1.54) is 28.0 Å². The van der Waals surface area contributed by atoms with Gasteiger partial charge in [-0.05, 0) is 74.2 Å². The summed E-state index contributed by atoms with van der Waals surface area (Å²) in [5, 5.41) is 9.20. The minimum Gasteiger partial charge on any atom is -0.324 e. The molecule has 128 valence electrons. The van der Waals surface area contributed by atoms with Gasteiger partial charge in [0.1, 0.15) is 5.69 Å². The number of hydrogen-bond acceptors (Lipinski definition) is 4. The average molecular weight is 371 g/mol. The molecule has 3 rings (SSSR count). The van der Waals surface area contributed by atoms with Crippen molar-refractivity contribution in [3.63, 3.8) is 0 Å². The molecule has 3 aromatic rings. The highest BCUT2D eigenvalue weighted by Crippen LogP contribution is 2.25. The molecule has 0 aliphatic rings. The van der Waals surface area contributed by atoms with E-state index in [1.807, 2.05) is 31.2 Å². The third kappa shape index (κ3) is 3.89. The fraction of sp³-hybridized carbons (Fsp3) is 0.158. The molecule has 0 amide bonds. The number of nitrogens with one attached hydrogen (secondary N) is 1. The molecule has 0 aliphatic heterocycles. The number of aryl methyl sites for hydroxylation is 2. The summed E-state index contributed by atoms with van der Waals surface area (Å²) in [6.07, 6.45) is 0. The monoisotopic (exact) mass is 370 g/mol. The lowest BCUT2D eigenvalue weighted by Crippen LogP contribution is -2.04. The van der Waals surface area contributed by atoms with Crippen molar-refractivity contribution < 1.29 is 0 Å². The van der Waals surface area contributed by atoms with Gasteiger partial charge in [0, 0.05) is 9.92 Å². The molecule has 4 nitrogen and oxygen atoms in total. The topological polar surface area (TPSA) is 42.7 Å². The molecule has 1 aromatic heterocycles. The lowest BCUT2D eigenvalue weighted by molar-refractivity contribution is 0.785. The van der Waals surface area contributed by atoms with Crippen LogP contribution in [0, 0.1) is 20.8 Å². The van der Waals surface area contributed by atoms with E-state index in [1.54, 1.807) is 4.68 Å². The van der Waals surface area contributed by atoms with Crippen molar-refractivity contribution in [3.8, 4) is 5.69 Å². The standard InChI is InChI=1S/C19H19ClN4S/c1-12-5-6-13(2)18(11-12)25-22-14(3)19-15(4)24(23-21-19)17-9-7-16(20)8-10-17/h5-11,22H,3H2,1-2,4H3. The second-order valence-electron chi connectivity index (χ2n) is 5.86. The van der Waals surface area contributed by atoms with Gasteiger partial charge in [0.05, 0.1) is 17.1 Å². The molecule has 6 heteroatoms. The summed E-state index contributed by atoms with van der Waals surface area (Å²) in [6, 6.07) is 13.9. The minimum atomic E-state index is 0.692. The van der Waals surface area contributed by atoms with Crippen LogP contribution >= 0.6 is 23.5 Å². The molecule has 0 spiro atoms. The number of nitrogens with zero attached hydrogens (tertiary/aromatic N) is 3. The van der Waals surface area contributed by atoms with E-state index in [-0.39, 0.29) is 0 Å². The molecular formula is C19H19ClN4S. The Labute approximate surface area is 157 Å². The predicted octanol–water partition coefficient (Wildman–Crippen LogP) is 5.11. The van der Waals surface area contributed by atoms with E-state index in [4.69, 9.17) is 11.6 Å². The number of aromatic nitrogens is 3. The first-order valence-corrected chi connectivity index (χ1v) is 9.03. The summed E-state index contributed by atoms with van der Waals surface area (Å²) in [4.78, 5) is 1.17. The highest BCUT2D eigenvalue weighted by Gasteiger charge is 2.13. The van der Waals surface area contributed by atoms with Crippen LogP contribution in [0.4, 0.5) is 0 Å². The van der Waals surface area contributed by atoms with Crippen molar-refractivity contribution in [1.82, 2.24) is 19.7 Å². The molecule has 0 saturated carbocycles. The summed E-state index contributed by atoms with van der Waals surface area (Å²) < 4.78 is 5.06. The van der Waals surface area contributed by atoms with Gasteiger partial charge in [-0.15, -0.1) is 5.10 Å². The van der Waals surface area contributed by atoms with Gasteiger partial charge in [0.2, 0.25) is 0 Å². The number of rotatable bonds is 5. The van der Waals surface area contributed by atoms with E-state index in [9.17, 15) is 0 Å². The van der Waals surface area contributed by atoms with Crippen LogP contribution in [0.5, 0.6) is 0 Å². The van der Waals surface area contributed by atoms with Gasteiger partial charge in [-0.3, -0.25) is 0 Å². The predicted molar refractivity (Wildman–Crippen MR) is 105 cm³/mol. The van der Waals surface area contributed by atoms with Crippen LogP contribution in [-0.4, -0.2) is 15.0 Å². The highest BCUT2D eigenvalue weighted by atomic mass is 35.5. The normalized spacial score (nSPS) is 10.7. The number of hydrogen-bond donors (Lipinski definition) is 1. The van der Waals surface area contributed by atoms with Crippen LogP contribution in [0.1, 0.15) is 22.5 Å². The first kappa shape index (κ1) is 17.6. The van der Waals surface area contributed by atoms with E-state index in [0.29, 0.717) is 5.02 Å². The van der Waals surface area contributed by atoms with E-state index < -0.39 is 0 Å². The molecule has 0 fully saturated rings. The lowest BCUT2D eigenvalue weighted by Gasteiger charge is -2.10. The summed E-state index contributed by atoms with van der Waals surface area (Å²) in [5.74, 6) is 0. The van der Waals surface area contributed by atoms with Crippen LogP contribution in [0.15, 0.2) is 53.9 Å². The Morgan fingerprint density at radius 1 is 1.12 bits per heavy atom. The van der Waals surface area contributed by atoms with Gasteiger partial charge < -0.3 is 4.72 Å². The van der Waals surface area contributed by atoms with Crippen molar-refractivity contribution in [3.05, 3.63) is 76.6 Å². The Bertz CT molecular complexity index is 916. The van der Waals surface area contributed by atoms with Crippen molar-refractivity contribution in [2.45, 2.75) is 25.7 Å². The second kappa shape index (κ2) is 7.33. The zero-order valence-corrected chi connectivity index (χ0v) is 15.9. The summed E-state index contributed by atoms with van der Waals surface area (Å²) in [5.41, 5.74) is 5.75. The Balaban J connectivity index is 1.77. The van der Waals surface area contributed by atoms with Crippen molar-refractivity contribution >= 4 is 29.2 Å². The molecule has 0 bridgehead atoms. The van der Waals surface area contributed by atoms with E-state index in [2.05, 4.69) is 53.7 Å². The molecule has 0 saturated heterocycles. The Morgan fingerprint density at radius 3 is 2.56 bits per heavy atom. The maximum absolute atomic E-state index is 5.95. The van der Waals surface area contributed by atoms with Crippen molar-refractivity contribution in [2.75, 3.05) is 0 Å². The number of benzene rings is 2. The third-order valence-corrected chi connectivity index (χ3v) is 5.14. The SMILES string of the molecule is C=C(NSc1cc(C)ccc1C)c1nnn(-c2ccc(Cl)cc2)c1C. The molecular weight excluding hydrogens is 352 g/mol. The maximum atomic E-state index is 5.95. The van der Waals surface area contributed by atoms with E-state index in [0.717, 1.165) is 22.8 Å². The molecule has 0 atom stereocenters. The van der Waals surface area contributed by atoms with Crippen LogP contribution in [-0.2, 0) is 0 Å². The molecule has 1 heterocycles. The first-order valence-electron chi connectivity index (χ1n) is 7.83. The van der Waals surface area contributed by atoms with Gasteiger partial charge >= 0.3 is 0 Å². The minimum absolute atomic E-state index is 0.692. The third-order valence-electron chi connectivity index (χ3n) is 3.88. The molecule has 0 aliphatic carbocycles. The Morgan fingerprint density at radius 2 is 1.84 bits per heavy atom. The van der Waals surface area contributed by atoms with E-state index >= 15 is 0 Å². The zero-order valence-electron chi connectivity index (χ0n) is 14.4. The number of halogens is 1. The van der Waals surface area contributed by atoms with Gasteiger partial charge in [-0.25, -0.2) is 4.68 Å². The second-order valence-corrected chi connectivity index (χ2v) is 7.15. The summed E-state index contributed by atoms with van der Waals surface area (Å²) >= 11 is 7.48. The van der Waals surface area contributed by atoms with Gasteiger partial charge in [0.25, 0.3) is 0 Å². The molecule has 25 heavy (non-hydrogen) atoms. The van der Waals surface area contributed by atoms with Crippen molar-refractivity contribution in [1.29, 1.82) is 0 Å². The van der Waals surface area contributed by atoms with Gasteiger partial charge in [0.15, 0.2) is 0 Å². The maximum Gasteiger partial charge on any atom is 0.132 e. The van der Waals surface area contributed by atoms with Crippen LogP contribution in [0.25, 0.3) is 11.4 Å². The molecule has 1 N–H and O–H groups in total. The highest BCUT2D eigenvalue weighted by molar-refractivity contribution is 7.97. The van der Waals surface area contributed by atoms with Crippen LogP contribution in [0.3, 0.4) is 0 Å². The van der Waals surface area contributed by atoms with Gasteiger partial charge in [-0.1, -0.05) is 35.5 Å². The Kier molecular flexibility index (Phi) is 5.16. The van der Waals surface area contributed by atoms with Crippen LogP contribution in [0.2, 0.25) is 5.02 Å². The molecule has 2 aromatic carbocycles. The summed E-state index contributed by atoms with van der Waals surface area (Å²) in [7, 11) is 0. The quantitative estimate of drug-likeness (QED) is 0.633. The fourth-order valence-corrected chi connectivity index (χ4v) is 3.35. The van der Waals surface area contributed by atoms with Gasteiger partial charge in [-0.2, -0.15) is 0 Å².